The number of hydrogen-bond donors (Lipinski definition) is 1. The smallest absolute Gasteiger partial charge is 0.326 e. The van der Waals surface area contributed by atoms with Crippen LogP contribution in [0.15, 0.2) is 18.2 Å². The van der Waals surface area contributed by atoms with E-state index in [4.69, 9.17) is 0 Å². The van der Waals surface area contributed by atoms with Crippen molar-refractivity contribution in [2.45, 2.75) is 37.8 Å². The summed E-state index contributed by atoms with van der Waals surface area (Å²) < 4.78 is 13.2. The highest BCUT2D eigenvalue weighted by Gasteiger charge is 2.40. The molecule has 3 rings (SSSR count). The Kier molecular flexibility index (Phi) is 2.31. The monoisotopic (exact) mass is 235 g/mol. The molecular weight excluding hydrogens is 221 g/mol. The lowest BCUT2D eigenvalue weighted by Crippen LogP contribution is -2.43. The lowest BCUT2D eigenvalue weighted by atomic mass is 9.96. The molecule has 0 aliphatic carbocycles. The maximum Gasteiger partial charge on any atom is 0.326 e. The lowest BCUT2D eigenvalue weighted by molar-refractivity contribution is -0.138. The minimum atomic E-state index is -0.773. The van der Waals surface area contributed by atoms with E-state index in [0.29, 0.717) is 12.5 Å². The van der Waals surface area contributed by atoms with Crippen molar-refractivity contribution in [2.75, 3.05) is 4.90 Å². The third-order valence-corrected chi connectivity index (χ3v) is 3.85. The Morgan fingerprint density at radius 2 is 2.18 bits per heavy atom. The van der Waals surface area contributed by atoms with Crippen molar-refractivity contribution in [3.63, 3.8) is 0 Å². The van der Waals surface area contributed by atoms with E-state index in [2.05, 4.69) is 0 Å². The molecule has 2 atom stereocenters. The van der Waals surface area contributed by atoms with Gasteiger partial charge in [0, 0.05) is 11.7 Å². The number of hydrogen-bond acceptors (Lipinski definition) is 2. The van der Waals surface area contributed by atoms with Crippen LogP contribution in [-0.4, -0.2) is 23.2 Å². The third kappa shape index (κ3) is 1.59. The van der Waals surface area contributed by atoms with Gasteiger partial charge in [0.15, 0.2) is 0 Å². The normalized spacial score (nSPS) is 26.5. The molecule has 0 amide bonds. The summed E-state index contributed by atoms with van der Waals surface area (Å²) in [4.78, 5) is 13.2. The van der Waals surface area contributed by atoms with E-state index in [0.717, 1.165) is 30.5 Å². The number of carbonyl (C=O) groups is 1. The molecule has 0 saturated carbocycles. The number of benzene rings is 1. The van der Waals surface area contributed by atoms with Gasteiger partial charge in [-0.2, -0.15) is 0 Å². The molecule has 1 aromatic rings. The number of halogens is 1. The molecule has 3 nitrogen and oxygen atoms in total. The molecule has 1 fully saturated rings. The molecular formula is C13H14FNO2. The largest absolute Gasteiger partial charge is 0.480 e. The fourth-order valence-electron chi connectivity index (χ4n) is 3.10. The van der Waals surface area contributed by atoms with Crippen molar-refractivity contribution >= 4 is 11.7 Å². The van der Waals surface area contributed by atoms with Crippen molar-refractivity contribution in [3.8, 4) is 0 Å². The first kappa shape index (κ1) is 10.6. The standard InChI is InChI=1S/C13H14FNO2/c14-9-2-5-11-8(7-9)1-3-10-4-6-12(13(16)17)15(10)11/h2,5,7,10,12H,1,3-4,6H2,(H,16,17). The SMILES string of the molecule is O=C(O)C1CCC2CCc3cc(F)ccc3N21. The Balaban J connectivity index is 2.04. The minimum absolute atomic E-state index is 0.242. The molecule has 0 bridgehead atoms. The van der Waals surface area contributed by atoms with Crippen LogP contribution in [0.25, 0.3) is 0 Å². The quantitative estimate of drug-likeness (QED) is 0.811. The van der Waals surface area contributed by atoms with E-state index in [-0.39, 0.29) is 5.82 Å². The number of aliphatic carboxylic acids is 1. The predicted octanol–water partition coefficient (Wildman–Crippen LogP) is 2.19. The van der Waals surface area contributed by atoms with Crippen LogP contribution in [0.3, 0.4) is 0 Å². The van der Waals surface area contributed by atoms with Crippen molar-refractivity contribution < 1.29 is 14.3 Å². The Morgan fingerprint density at radius 3 is 2.94 bits per heavy atom. The van der Waals surface area contributed by atoms with Crippen LogP contribution in [0.5, 0.6) is 0 Å². The first-order chi connectivity index (χ1) is 8.16. The summed E-state index contributed by atoms with van der Waals surface area (Å²) in [6, 6.07) is 4.54. The van der Waals surface area contributed by atoms with Gasteiger partial charge in [0.05, 0.1) is 0 Å². The third-order valence-electron chi connectivity index (χ3n) is 3.85. The van der Waals surface area contributed by atoms with Gasteiger partial charge in [-0.25, -0.2) is 9.18 Å². The molecule has 0 aromatic heterocycles. The van der Waals surface area contributed by atoms with Crippen LogP contribution in [0.1, 0.15) is 24.8 Å². The molecule has 2 heterocycles. The fourth-order valence-corrected chi connectivity index (χ4v) is 3.10. The van der Waals surface area contributed by atoms with Crippen molar-refractivity contribution in [1.29, 1.82) is 0 Å². The van der Waals surface area contributed by atoms with Gasteiger partial charge in [0.1, 0.15) is 11.9 Å². The zero-order valence-corrected chi connectivity index (χ0v) is 9.40. The maximum absolute atomic E-state index is 13.2. The number of carboxylic acids is 1. The second-order valence-electron chi connectivity index (χ2n) is 4.80. The van der Waals surface area contributed by atoms with Gasteiger partial charge in [0.25, 0.3) is 0 Å². The molecule has 1 saturated heterocycles. The van der Waals surface area contributed by atoms with E-state index in [1.807, 2.05) is 4.90 Å². The zero-order chi connectivity index (χ0) is 12.0. The Hall–Kier alpha value is -1.58. The second kappa shape index (κ2) is 3.72. The Labute approximate surface area is 98.9 Å². The predicted molar refractivity (Wildman–Crippen MR) is 61.6 cm³/mol. The van der Waals surface area contributed by atoms with E-state index in [1.165, 1.54) is 12.1 Å². The fraction of sp³-hybridized carbons (Fsp3) is 0.462. The van der Waals surface area contributed by atoms with Crippen molar-refractivity contribution in [2.24, 2.45) is 0 Å². The molecule has 0 spiro atoms. The second-order valence-corrected chi connectivity index (χ2v) is 4.80. The van der Waals surface area contributed by atoms with Gasteiger partial charge >= 0.3 is 5.97 Å². The average Bonchev–Trinajstić information content (AvgIpc) is 2.72. The Morgan fingerprint density at radius 1 is 1.35 bits per heavy atom. The number of anilines is 1. The molecule has 1 aromatic carbocycles. The van der Waals surface area contributed by atoms with E-state index in [9.17, 15) is 14.3 Å². The van der Waals surface area contributed by atoms with Gasteiger partial charge < -0.3 is 10.0 Å². The maximum atomic E-state index is 13.2. The van der Waals surface area contributed by atoms with Crippen molar-refractivity contribution in [3.05, 3.63) is 29.6 Å². The van der Waals surface area contributed by atoms with Crippen molar-refractivity contribution in [1.82, 2.24) is 0 Å². The highest BCUT2D eigenvalue weighted by atomic mass is 19.1. The molecule has 0 radical (unpaired) electrons. The lowest BCUT2D eigenvalue weighted by Gasteiger charge is -2.36. The van der Waals surface area contributed by atoms with Crippen LogP contribution < -0.4 is 4.90 Å². The van der Waals surface area contributed by atoms with Crippen LogP contribution in [-0.2, 0) is 11.2 Å². The van der Waals surface area contributed by atoms with Crippen LogP contribution >= 0.6 is 0 Å². The first-order valence-electron chi connectivity index (χ1n) is 5.96. The van der Waals surface area contributed by atoms with E-state index in [1.54, 1.807) is 6.07 Å². The topological polar surface area (TPSA) is 40.5 Å². The number of rotatable bonds is 1. The molecule has 90 valence electrons. The molecule has 4 heteroatoms. The number of aryl methyl sites for hydroxylation is 1. The summed E-state index contributed by atoms with van der Waals surface area (Å²) in [5, 5.41) is 9.22. The summed E-state index contributed by atoms with van der Waals surface area (Å²) in [6.07, 6.45) is 3.39. The van der Waals surface area contributed by atoms with Gasteiger partial charge in [-0.05, 0) is 49.4 Å². The summed E-state index contributed by atoms with van der Waals surface area (Å²) in [5.41, 5.74) is 1.85. The Bertz CT molecular complexity index is 474. The summed E-state index contributed by atoms with van der Waals surface area (Å²) >= 11 is 0. The number of fused-ring (bicyclic) bond motifs is 3. The van der Waals surface area contributed by atoms with Gasteiger partial charge in [-0.3, -0.25) is 0 Å². The molecule has 2 aliphatic heterocycles. The van der Waals surface area contributed by atoms with E-state index < -0.39 is 12.0 Å². The zero-order valence-electron chi connectivity index (χ0n) is 9.40. The van der Waals surface area contributed by atoms with Crippen LogP contribution in [0.4, 0.5) is 10.1 Å². The number of nitrogens with zero attached hydrogens (tertiary/aromatic N) is 1. The van der Waals surface area contributed by atoms with Crippen LogP contribution in [0.2, 0.25) is 0 Å². The van der Waals surface area contributed by atoms with E-state index >= 15 is 0 Å². The minimum Gasteiger partial charge on any atom is -0.480 e. The summed E-state index contributed by atoms with van der Waals surface area (Å²) in [5.74, 6) is -1.02. The van der Waals surface area contributed by atoms with Gasteiger partial charge in [-0.15, -0.1) is 0 Å². The summed E-state index contributed by atoms with van der Waals surface area (Å²) in [7, 11) is 0. The first-order valence-corrected chi connectivity index (χ1v) is 5.96. The molecule has 2 unspecified atom stereocenters. The average molecular weight is 235 g/mol. The highest BCUT2D eigenvalue weighted by molar-refractivity contribution is 5.80. The number of carboxylic acid groups (broad SMARTS) is 1. The van der Waals surface area contributed by atoms with Gasteiger partial charge in [-0.1, -0.05) is 0 Å². The molecule has 17 heavy (non-hydrogen) atoms. The molecule has 1 N–H and O–H groups in total. The summed E-state index contributed by atoms with van der Waals surface area (Å²) in [6.45, 7) is 0. The van der Waals surface area contributed by atoms with Gasteiger partial charge in [0.2, 0.25) is 0 Å². The highest BCUT2D eigenvalue weighted by Crippen LogP contribution is 2.39. The molecule has 2 aliphatic rings. The van der Waals surface area contributed by atoms with Crippen LogP contribution in [0, 0.1) is 5.82 Å².